The van der Waals surface area contributed by atoms with Crippen LogP contribution in [-0.4, -0.2) is 34.1 Å². The standard InChI is InChI=1S/C18H33NO5/c1-2-3-4-5-6-7-8-9-10-13-16(20)19-15(18(23)24)12-11-14-17(21)22/h15H,2-14H2,1H3,(H,19,20)(H,21,22)(H,23,24)/t15-/m1/s1. The smallest absolute Gasteiger partial charge is 0.326 e. The Morgan fingerprint density at radius 2 is 1.33 bits per heavy atom. The normalized spacial score (nSPS) is 11.9. The van der Waals surface area contributed by atoms with Crippen molar-refractivity contribution in [2.24, 2.45) is 0 Å². The summed E-state index contributed by atoms with van der Waals surface area (Å²) < 4.78 is 0. The summed E-state index contributed by atoms with van der Waals surface area (Å²) in [4.78, 5) is 33.3. The van der Waals surface area contributed by atoms with Gasteiger partial charge in [-0.1, -0.05) is 58.3 Å². The first kappa shape index (κ1) is 22.4. The fraction of sp³-hybridized carbons (Fsp3) is 0.833. The number of unbranched alkanes of at least 4 members (excludes halogenated alkanes) is 8. The number of aliphatic carboxylic acids is 2. The lowest BCUT2D eigenvalue weighted by molar-refractivity contribution is -0.142. The number of hydrogen-bond acceptors (Lipinski definition) is 3. The van der Waals surface area contributed by atoms with Crippen LogP contribution in [0.3, 0.4) is 0 Å². The Bertz CT molecular complexity index is 370. The molecule has 24 heavy (non-hydrogen) atoms. The molecule has 140 valence electrons. The first-order valence-corrected chi connectivity index (χ1v) is 9.21. The maximum atomic E-state index is 11.8. The molecule has 0 aromatic rings. The number of carboxylic acid groups (broad SMARTS) is 2. The van der Waals surface area contributed by atoms with E-state index in [0.717, 1.165) is 19.3 Å². The van der Waals surface area contributed by atoms with Gasteiger partial charge in [-0.2, -0.15) is 0 Å². The van der Waals surface area contributed by atoms with Gasteiger partial charge in [0.25, 0.3) is 0 Å². The summed E-state index contributed by atoms with van der Waals surface area (Å²) in [6, 6.07) is -0.990. The molecule has 1 amide bonds. The molecule has 0 heterocycles. The Hall–Kier alpha value is -1.59. The second-order valence-corrected chi connectivity index (χ2v) is 6.32. The van der Waals surface area contributed by atoms with Crippen LogP contribution in [0.1, 0.15) is 90.4 Å². The molecule has 0 unspecified atom stereocenters. The minimum Gasteiger partial charge on any atom is -0.481 e. The van der Waals surface area contributed by atoms with Crippen molar-refractivity contribution in [3.05, 3.63) is 0 Å². The maximum Gasteiger partial charge on any atom is 0.326 e. The van der Waals surface area contributed by atoms with E-state index < -0.39 is 18.0 Å². The van der Waals surface area contributed by atoms with Gasteiger partial charge in [-0.3, -0.25) is 9.59 Å². The van der Waals surface area contributed by atoms with Crippen molar-refractivity contribution in [2.75, 3.05) is 0 Å². The summed E-state index contributed by atoms with van der Waals surface area (Å²) in [5, 5.41) is 20.1. The third kappa shape index (κ3) is 14.0. The molecule has 0 aliphatic rings. The highest BCUT2D eigenvalue weighted by molar-refractivity contribution is 5.83. The van der Waals surface area contributed by atoms with E-state index >= 15 is 0 Å². The first-order chi connectivity index (χ1) is 11.5. The molecule has 6 nitrogen and oxygen atoms in total. The number of carboxylic acids is 2. The topological polar surface area (TPSA) is 104 Å². The van der Waals surface area contributed by atoms with Crippen LogP contribution in [0.5, 0.6) is 0 Å². The summed E-state index contributed by atoms with van der Waals surface area (Å²) in [5.41, 5.74) is 0. The Kier molecular flexibility index (Phi) is 14.0. The number of carbonyl (C=O) groups excluding carboxylic acids is 1. The SMILES string of the molecule is CCCCCCCCCCCC(=O)N[C@H](CCCC(=O)O)C(=O)O. The highest BCUT2D eigenvalue weighted by Gasteiger charge is 2.19. The number of amides is 1. The fourth-order valence-electron chi connectivity index (χ4n) is 2.58. The highest BCUT2D eigenvalue weighted by atomic mass is 16.4. The molecular weight excluding hydrogens is 310 g/mol. The quantitative estimate of drug-likeness (QED) is 0.370. The van der Waals surface area contributed by atoms with Crippen LogP contribution in [0.4, 0.5) is 0 Å². The average molecular weight is 343 g/mol. The van der Waals surface area contributed by atoms with E-state index in [1.807, 2.05) is 0 Å². The van der Waals surface area contributed by atoms with Crippen LogP contribution in [0.2, 0.25) is 0 Å². The van der Waals surface area contributed by atoms with E-state index in [-0.39, 0.29) is 25.2 Å². The molecular formula is C18H33NO5. The third-order valence-corrected chi connectivity index (χ3v) is 4.02. The van der Waals surface area contributed by atoms with Gasteiger partial charge in [0, 0.05) is 12.8 Å². The summed E-state index contributed by atoms with van der Waals surface area (Å²) in [5.74, 6) is -2.33. The molecule has 0 aromatic heterocycles. The minimum absolute atomic E-state index is 0.0854. The number of nitrogens with one attached hydrogen (secondary N) is 1. The molecule has 6 heteroatoms. The molecule has 0 rings (SSSR count). The van der Waals surface area contributed by atoms with Crippen molar-refractivity contribution in [2.45, 2.75) is 96.4 Å². The van der Waals surface area contributed by atoms with Gasteiger partial charge in [0.15, 0.2) is 0 Å². The third-order valence-electron chi connectivity index (χ3n) is 4.02. The fourth-order valence-corrected chi connectivity index (χ4v) is 2.58. The van der Waals surface area contributed by atoms with Gasteiger partial charge in [-0.05, 0) is 19.3 Å². The van der Waals surface area contributed by atoms with Crippen molar-refractivity contribution in [1.82, 2.24) is 5.32 Å². The van der Waals surface area contributed by atoms with Crippen LogP contribution >= 0.6 is 0 Å². The molecule has 0 saturated heterocycles. The van der Waals surface area contributed by atoms with Crippen LogP contribution in [0.15, 0.2) is 0 Å². The Morgan fingerprint density at radius 1 is 0.792 bits per heavy atom. The first-order valence-electron chi connectivity index (χ1n) is 9.21. The van der Waals surface area contributed by atoms with Crippen molar-refractivity contribution in [3.63, 3.8) is 0 Å². The lowest BCUT2D eigenvalue weighted by Gasteiger charge is -2.14. The van der Waals surface area contributed by atoms with E-state index in [0.29, 0.717) is 6.42 Å². The van der Waals surface area contributed by atoms with Gasteiger partial charge in [0.2, 0.25) is 5.91 Å². The monoisotopic (exact) mass is 343 g/mol. The van der Waals surface area contributed by atoms with Crippen molar-refractivity contribution < 1.29 is 24.6 Å². The molecule has 3 N–H and O–H groups in total. The molecule has 0 saturated carbocycles. The second-order valence-electron chi connectivity index (χ2n) is 6.32. The summed E-state index contributed by atoms with van der Waals surface area (Å²) >= 11 is 0. The molecule has 0 aromatic carbocycles. The zero-order valence-corrected chi connectivity index (χ0v) is 14.9. The lowest BCUT2D eigenvalue weighted by Crippen LogP contribution is -2.40. The second kappa shape index (κ2) is 15.0. The Labute approximate surface area is 145 Å². The van der Waals surface area contributed by atoms with Gasteiger partial charge in [0.1, 0.15) is 6.04 Å². The molecule has 1 atom stereocenters. The number of hydrogen-bond donors (Lipinski definition) is 3. The molecule has 0 radical (unpaired) electrons. The minimum atomic E-state index is -1.11. The summed E-state index contributed by atoms with van der Waals surface area (Å²) in [6.07, 6.45) is 11.1. The lowest BCUT2D eigenvalue weighted by atomic mass is 10.1. The van der Waals surface area contributed by atoms with Crippen LogP contribution in [-0.2, 0) is 14.4 Å². The van der Waals surface area contributed by atoms with Gasteiger partial charge >= 0.3 is 11.9 Å². The predicted octanol–water partition coefficient (Wildman–Crippen LogP) is 3.73. The molecule has 0 spiro atoms. The largest absolute Gasteiger partial charge is 0.481 e. The number of carbonyl (C=O) groups is 3. The molecule has 0 aliphatic carbocycles. The van der Waals surface area contributed by atoms with Crippen LogP contribution in [0, 0.1) is 0 Å². The Morgan fingerprint density at radius 3 is 1.83 bits per heavy atom. The van der Waals surface area contributed by atoms with Gasteiger partial charge in [-0.25, -0.2) is 4.79 Å². The zero-order valence-electron chi connectivity index (χ0n) is 14.9. The van der Waals surface area contributed by atoms with Crippen LogP contribution < -0.4 is 5.32 Å². The average Bonchev–Trinajstić information content (AvgIpc) is 2.52. The zero-order chi connectivity index (χ0) is 18.2. The van der Waals surface area contributed by atoms with E-state index in [4.69, 9.17) is 10.2 Å². The Balaban J connectivity index is 3.70. The van der Waals surface area contributed by atoms with Crippen molar-refractivity contribution in [3.8, 4) is 0 Å². The van der Waals surface area contributed by atoms with E-state index in [1.165, 1.54) is 38.5 Å². The van der Waals surface area contributed by atoms with E-state index in [2.05, 4.69) is 12.2 Å². The molecule has 0 aliphatic heterocycles. The predicted molar refractivity (Wildman–Crippen MR) is 92.9 cm³/mol. The van der Waals surface area contributed by atoms with Gasteiger partial charge in [0.05, 0.1) is 0 Å². The van der Waals surface area contributed by atoms with Crippen molar-refractivity contribution >= 4 is 17.8 Å². The summed E-state index contributed by atoms with van der Waals surface area (Å²) in [6.45, 7) is 2.20. The van der Waals surface area contributed by atoms with Crippen molar-refractivity contribution in [1.29, 1.82) is 0 Å². The maximum absolute atomic E-state index is 11.8. The van der Waals surface area contributed by atoms with E-state index in [1.54, 1.807) is 0 Å². The van der Waals surface area contributed by atoms with Crippen LogP contribution in [0.25, 0.3) is 0 Å². The van der Waals surface area contributed by atoms with Gasteiger partial charge < -0.3 is 15.5 Å². The number of rotatable bonds is 16. The summed E-state index contributed by atoms with van der Waals surface area (Å²) in [7, 11) is 0. The highest BCUT2D eigenvalue weighted by Crippen LogP contribution is 2.10. The molecule has 0 bridgehead atoms. The van der Waals surface area contributed by atoms with Gasteiger partial charge in [-0.15, -0.1) is 0 Å². The van der Waals surface area contributed by atoms with E-state index in [9.17, 15) is 14.4 Å². The molecule has 0 fully saturated rings.